The van der Waals surface area contributed by atoms with Crippen LogP contribution in [0.15, 0.2) is 30.5 Å². The summed E-state index contributed by atoms with van der Waals surface area (Å²) in [5.74, 6) is -0.326. The smallest absolute Gasteiger partial charge is 0.307 e. The summed E-state index contributed by atoms with van der Waals surface area (Å²) in [6.07, 6.45) is 3.07. The summed E-state index contributed by atoms with van der Waals surface area (Å²) in [5.41, 5.74) is 6.37. The van der Waals surface area contributed by atoms with E-state index in [4.69, 9.17) is 19.6 Å². The molecule has 0 atom stereocenters. The topological polar surface area (TPSA) is 119 Å². The molecule has 0 radical (unpaired) electrons. The molecule has 228 valence electrons. The number of benzene rings is 1. The van der Waals surface area contributed by atoms with Crippen molar-refractivity contribution < 1.29 is 28.9 Å². The maximum atomic E-state index is 15.3. The van der Waals surface area contributed by atoms with Gasteiger partial charge in [0.1, 0.15) is 11.5 Å². The lowest BCUT2D eigenvalue weighted by molar-refractivity contribution is -0.136. The molecule has 3 aromatic heterocycles. The largest absolute Gasteiger partial charge is 0.490 e. The Hall–Kier alpha value is -4.02. The van der Waals surface area contributed by atoms with Gasteiger partial charge in [0.05, 0.1) is 43.6 Å². The summed E-state index contributed by atoms with van der Waals surface area (Å²) in [7, 11) is 1.94. The predicted molar refractivity (Wildman–Crippen MR) is 164 cm³/mol. The number of halogens is 1. The lowest BCUT2D eigenvalue weighted by Gasteiger charge is -2.27. The van der Waals surface area contributed by atoms with Crippen LogP contribution in [0.4, 0.5) is 10.2 Å². The van der Waals surface area contributed by atoms with Crippen molar-refractivity contribution in [3.05, 3.63) is 58.7 Å². The Morgan fingerprint density at radius 2 is 1.93 bits per heavy atom. The molecule has 9 nitrogen and oxygen atoms in total. The quantitative estimate of drug-likeness (QED) is 0.266. The number of nitrogens with zero attached hydrogens (tertiary/aromatic N) is 3. The molecule has 1 fully saturated rings. The maximum absolute atomic E-state index is 15.3. The van der Waals surface area contributed by atoms with E-state index in [1.165, 1.54) is 6.07 Å². The maximum Gasteiger partial charge on any atom is 0.307 e. The van der Waals surface area contributed by atoms with Crippen LogP contribution in [0, 0.1) is 19.7 Å². The molecule has 10 heteroatoms. The van der Waals surface area contributed by atoms with Crippen LogP contribution >= 0.6 is 0 Å². The number of fused-ring (bicyclic) bond motifs is 2. The Bertz CT molecular complexity index is 1680. The molecule has 0 spiro atoms. The number of carboxylic acids is 1. The molecular formula is C33H39FN4O5. The van der Waals surface area contributed by atoms with Crippen LogP contribution in [0.25, 0.3) is 33.4 Å². The number of rotatable bonds is 6. The predicted octanol–water partition coefficient (Wildman–Crippen LogP) is 5.60. The van der Waals surface area contributed by atoms with E-state index in [9.17, 15) is 9.90 Å². The zero-order valence-corrected chi connectivity index (χ0v) is 25.5. The van der Waals surface area contributed by atoms with Crippen molar-refractivity contribution in [2.75, 3.05) is 25.1 Å². The molecular weight excluding hydrogens is 551 g/mol. The van der Waals surface area contributed by atoms with Crippen molar-refractivity contribution in [1.82, 2.24) is 14.5 Å². The van der Waals surface area contributed by atoms with Crippen LogP contribution in [0.5, 0.6) is 5.75 Å². The van der Waals surface area contributed by atoms with Gasteiger partial charge < -0.3 is 29.6 Å². The van der Waals surface area contributed by atoms with Crippen molar-refractivity contribution in [1.29, 1.82) is 0 Å². The molecule has 6 rings (SSSR count). The van der Waals surface area contributed by atoms with Gasteiger partial charge in [-0.3, -0.25) is 4.79 Å². The average molecular weight is 591 g/mol. The highest BCUT2D eigenvalue weighted by molar-refractivity contribution is 6.01. The minimum atomic E-state index is -0.962. The van der Waals surface area contributed by atoms with Crippen LogP contribution in [-0.4, -0.2) is 62.2 Å². The monoisotopic (exact) mass is 590 g/mol. The number of pyridine rings is 2. The van der Waals surface area contributed by atoms with Gasteiger partial charge in [-0.25, -0.2) is 14.4 Å². The Morgan fingerprint density at radius 1 is 1.21 bits per heavy atom. The molecule has 3 N–H and O–H groups in total. The number of aliphatic hydroxyl groups is 1. The minimum absolute atomic E-state index is 0.213. The number of carbonyl (C=O) groups is 1. The lowest BCUT2D eigenvalue weighted by atomic mass is 9.87. The second kappa shape index (κ2) is 11.9. The highest BCUT2D eigenvalue weighted by atomic mass is 19.1. The SMILES string of the molecule is CC(C)(C)O.Cc1nc2c(cc(-c3ccnc(NC4COC4)c3)n2C)c(-c2cc(F)c3c(c2C)CCCO3)c1CC(=O)O. The normalized spacial score (nSPS) is 14.8. The minimum Gasteiger partial charge on any atom is -0.490 e. The van der Waals surface area contributed by atoms with E-state index >= 15 is 4.39 Å². The second-order valence-corrected chi connectivity index (χ2v) is 12.2. The van der Waals surface area contributed by atoms with Crippen LogP contribution in [0.2, 0.25) is 0 Å². The number of nitrogens with one attached hydrogen (secondary N) is 1. The second-order valence-electron chi connectivity index (χ2n) is 12.2. The number of hydrogen-bond acceptors (Lipinski definition) is 7. The molecule has 1 aromatic carbocycles. The van der Waals surface area contributed by atoms with E-state index in [0.29, 0.717) is 60.0 Å². The van der Waals surface area contributed by atoms with Gasteiger partial charge in [0, 0.05) is 35.5 Å². The first-order valence-corrected chi connectivity index (χ1v) is 14.5. The molecule has 1 saturated heterocycles. The first-order valence-electron chi connectivity index (χ1n) is 14.5. The van der Waals surface area contributed by atoms with Crippen LogP contribution < -0.4 is 10.1 Å². The molecule has 5 heterocycles. The zero-order valence-electron chi connectivity index (χ0n) is 25.5. The number of carboxylic acid groups (broad SMARTS) is 1. The van der Waals surface area contributed by atoms with Crippen LogP contribution in [0.3, 0.4) is 0 Å². The lowest BCUT2D eigenvalue weighted by Crippen LogP contribution is -2.40. The van der Waals surface area contributed by atoms with E-state index < -0.39 is 17.4 Å². The third-order valence-electron chi connectivity index (χ3n) is 7.56. The van der Waals surface area contributed by atoms with Crippen molar-refractivity contribution in [3.8, 4) is 28.1 Å². The first kappa shape index (κ1) is 30.4. The van der Waals surface area contributed by atoms with E-state index in [-0.39, 0.29) is 12.5 Å². The van der Waals surface area contributed by atoms with Gasteiger partial charge in [0.15, 0.2) is 11.6 Å². The molecule has 0 aliphatic carbocycles. The Balaban J connectivity index is 0.000000682. The third-order valence-corrected chi connectivity index (χ3v) is 7.56. The summed E-state index contributed by atoms with van der Waals surface area (Å²) < 4.78 is 28.3. The summed E-state index contributed by atoms with van der Waals surface area (Å²) in [4.78, 5) is 21.2. The Morgan fingerprint density at radius 3 is 2.58 bits per heavy atom. The van der Waals surface area contributed by atoms with Gasteiger partial charge in [-0.15, -0.1) is 0 Å². The van der Waals surface area contributed by atoms with Crippen molar-refractivity contribution in [2.45, 2.75) is 65.5 Å². The number of aromatic nitrogens is 3. The number of aryl methyl sites for hydroxylation is 2. The standard InChI is InChI=1S/C29H29FN4O4.C4H10O/c1-15-19-5-4-8-38-28(19)23(30)10-20(15)27-21(12-26(35)36)16(2)32-29-22(27)11-24(34(29)3)17-6-7-31-25(9-17)33-18-13-37-14-18;1-4(2,3)5/h6-7,9-11,18H,4-5,8,12-14H2,1-3H3,(H,31,33)(H,35,36);5H,1-3H3. The van der Waals surface area contributed by atoms with Gasteiger partial charge in [-0.1, -0.05) is 0 Å². The number of ether oxygens (including phenoxy) is 2. The van der Waals surface area contributed by atoms with Gasteiger partial charge in [-0.05, 0) is 94.0 Å². The molecule has 4 aromatic rings. The highest BCUT2D eigenvalue weighted by Crippen LogP contribution is 2.43. The van der Waals surface area contributed by atoms with Crippen LogP contribution in [0.1, 0.15) is 49.6 Å². The van der Waals surface area contributed by atoms with Gasteiger partial charge >= 0.3 is 5.97 Å². The molecule has 0 bridgehead atoms. The van der Waals surface area contributed by atoms with Crippen LogP contribution in [-0.2, 0) is 29.4 Å². The third kappa shape index (κ3) is 6.50. The average Bonchev–Trinajstić information content (AvgIpc) is 3.23. The van der Waals surface area contributed by atoms with Crippen molar-refractivity contribution in [3.63, 3.8) is 0 Å². The molecule has 43 heavy (non-hydrogen) atoms. The number of anilines is 1. The fraction of sp³-hybridized carbons (Fsp3) is 0.424. The zero-order chi connectivity index (χ0) is 31.1. The fourth-order valence-corrected chi connectivity index (χ4v) is 5.55. The molecule has 2 aliphatic heterocycles. The molecule has 0 unspecified atom stereocenters. The highest BCUT2D eigenvalue weighted by Gasteiger charge is 2.26. The molecule has 0 saturated carbocycles. The van der Waals surface area contributed by atoms with E-state index in [1.807, 2.05) is 43.7 Å². The molecule has 0 amide bonds. The van der Waals surface area contributed by atoms with Gasteiger partial charge in [0.2, 0.25) is 0 Å². The summed E-state index contributed by atoms with van der Waals surface area (Å²) in [6.45, 7) is 10.8. The summed E-state index contributed by atoms with van der Waals surface area (Å²) >= 11 is 0. The summed E-state index contributed by atoms with van der Waals surface area (Å²) in [5, 5.41) is 22.4. The van der Waals surface area contributed by atoms with Gasteiger partial charge in [0.25, 0.3) is 0 Å². The number of aliphatic carboxylic acids is 1. The van der Waals surface area contributed by atoms with Gasteiger partial charge in [-0.2, -0.15) is 0 Å². The van der Waals surface area contributed by atoms with E-state index in [2.05, 4.69) is 10.3 Å². The van der Waals surface area contributed by atoms with Crippen molar-refractivity contribution in [2.24, 2.45) is 7.05 Å². The van der Waals surface area contributed by atoms with E-state index in [1.54, 1.807) is 27.0 Å². The van der Waals surface area contributed by atoms with E-state index in [0.717, 1.165) is 40.0 Å². The number of hydrogen-bond donors (Lipinski definition) is 3. The molecule has 2 aliphatic rings. The van der Waals surface area contributed by atoms with Crippen molar-refractivity contribution >= 4 is 22.8 Å². The Kier molecular flexibility index (Phi) is 8.45. The fourth-order valence-electron chi connectivity index (χ4n) is 5.55. The summed E-state index contributed by atoms with van der Waals surface area (Å²) in [6, 6.07) is 7.66. The first-order chi connectivity index (χ1) is 20.3. The Labute approximate surface area is 250 Å².